The Morgan fingerprint density at radius 2 is 1.21 bits per heavy atom. The van der Waals surface area contributed by atoms with E-state index < -0.39 is 0 Å². The molecule has 6 heteroatoms. The van der Waals surface area contributed by atoms with Gasteiger partial charge in [0.1, 0.15) is 0 Å². The van der Waals surface area contributed by atoms with Crippen LogP contribution in [-0.4, -0.2) is 65.4 Å². The summed E-state index contributed by atoms with van der Waals surface area (Å²) < 4.78 is 26.4. The first-order chi connectivity index (χ1) is 11.8. The van der Waals surface area contributed by atoms with E-state index in [9.17, 15) is 4.79 Å². The minimum Gasteiger partial charge on any atom is -0.466 e. The maximum absolute atomic E-state index is 11.5. The lowest BCUT2D eigenvalue weighted by molar-refractivity contribution is -0.144. The molecule has 0 fully saturated rings. The van der Waals surface area contributed by atoms with Crippen molar-refractivity contribution in [3.63, 3.8) is 0 Å². The van der Waals surface area contributed by atoms with E-state index in [4.69, 9.17) is 23.7 Å². The molecule has 0 bridgehead atoms. The van der Waals surface area contributed by atoms with Crippen molar-refractivity contribution >= 4 is 5.97 Å². The van der Waals surface area contributed by atoms with Gasteiger partial charge >= 0.3 is 5.97 Å². The summed E-state index contributed by atoms with van der Waals surface area (Å²) in [5.74, 6) is -0.129. The van der Waals surface area contributed by atoms with Crippen molar-refractivity contribution in [2.24, 2.45) is 0 Å². The Bertz CT molecular complexity index is 260. The predicted octanol–water partition coefficient (Wildman–Crippen LogP) is 2.98. The molecule has 0 aromatic heterocycles. The largest absolute Gasteiger partial charge is 0.466 e. The first-order valence-electron chi connectivity index (χ1n) is 9.27. The first kappa shape index (κ1) is 23.3. The summed E-state index contributed by atoms with van der Waals surface area (Å²) in [5, 5.41) is 0. The van der Waals surface area contributed by atoms with E-state index in [1.165, 1.54) is 12.8 Å². The van der Waals surface area contributed by atoms with Crippen LogP contribution in [0.2, 0.25) is 0 Å². The van der Waals surface area contributed by atoms with Crippen LogP contribution in [0.25, 0.3) is 0 Å². The van der Waals surface area contributed by atoms with E-state index in [2.05, 4.69) is 6.92 Å². The van der Waals surface area contributed by atoms with E-state index in [-0.39, 0.29) is 5.97 Å². The molecule has 0 aliphatic carbocycles. The van der Waals surface area contributed by atoms with Gasteiger partial charge in [-0.05, 0) is 19.8 Å². The molecule has 0 aromatic carbocycles. The summed E-state index contributed by atoms with van der Waals surface area (Å²) in [6.07, 6.45) is 5.59. The second-order valence-corrected chi connectivity index (χ2v) is 5.42. The number of rotatable bonds is 19. The summed E-state index contributed by atoms with van der Waals surface area (Å²) in [5.41, 5.74) is 0. The molecule has 0 amide bonds. The van der Waals surface area contributed by atoms with Gasteiger partial charge in [-0.25, -0.2) is 0 Å². The molecule has 0 aliphatic rings. The third kappa shape index (κ3) is 19.4. The standard InChI is InChI=1S/C18H36O6/c1-3-5-6-7-11-24-18(19)9-8-10-21-14-15-23-17-16-22-13-12-20-4-2/h3-17H2,1-2H3. The third-order valence-corrected chi connectivity index (χ3v) is 3.25. The maximum atomic E-state index is 11.5. The molecule has 0 unspecified atom stereocenters. The van der Waals surface area contributed by atoms with Crippen molar-refractivity contribution in [3.8, 4) is 0 Å². The maximum Gasteiger partial charge on any atom is 0.305 e. The molecular formula is C18H36O6. The number of unbranched alkanes of at least 4 members (excludes halogenated alkanes) is 3. The average Bonchev–Trinajstić information content (AvgIpc) is 2.59. The minimum absolute atomic E-state index is 0.129. The van der Waals surface area contributed by atoms with E-state index >= 15 is 0 Å². The van der Waals surface area contributed by atoms with Gasteiger partial charge < -0.3 is 23.7 Å². The number of carbonyl (C=O) groups excluding carboxylic acids is 1. The molecule has 24 heavy (non-hydrogen) atoms. The van der Waals surface area contributed by atoms with Gasteiger partial charge in [-0.1, -0.05) is 26.2 Å². The van der Waals surface area contributed by atoms with Gasteiger partial charge in [0.2, 0.25) is 0 Å². The molecule has 0 heterocycles. The SMILES string of the molecule is CCCCCCOC(=O)CCCOCCOCCOCCOCC. The summed E-state index contributed by atoms with van der Waals surface area (Å²) in [7, 11) is 0. The highest BCUT2D eigenvalue weighted by molar-refractivity contribution is 5.69. The van der Waals surface area contributed by atoms with Crippen LogP contribution in [0.1, 0.15) is 52.4 Å². The van der Waals surface area contributed by atoms with Crippen LogP contribution in [0.4, 0.5) is 0 Å². The van der Waals surface area contributed by atoms with Crippen LogP contribution in [0.5, 0.6) is 0 Å². The molecule has 6 nitrogen and oxygen atoms in total. The van der Waals surface area contributed by atoms with Crippen LogP contribution in [0, 0.1) is 0 Å². The van der Waals surface area contributed by atoms with Crippen LogP contribution < -0.4 is 0 Å². The lowest BCUT2D eigenvalue weighted by Crippen LogP contribution is -2.12. The topological polar surface area (TPSA) is 63.2 Å². The second kappa shape index (κ2) is 20.4. The van der Waals surface area contributed by atoms with Crippen molar-refractivity contribution in [1.82, 2.24) is 0 Å². The van der Waals surface area contributed by atoms with Gasteiger partial charge in [0, 0.05) is 19.6 Å². The Morgan fingerprint density at radius 1 is 0.625 bits per heavy atom. The van der Waals surface area contributed by atoms with Gasteiger partial charge in [-0.15, -0.1) is 0 Å². The highest BCUT2D eigenvalue weighted by atomic mass is 16.6. The van der Waals surface area contributed by atoms with Crippen LogP contribution in [-0.2, 0) is 28.5 Å². The zero-order valence-electron chi connectivity index (χ0n) is 15.6. The fourth-order valence-electron chi connectivity index (χ4n) is 1.91. The predicted molar refractivity (Wildman–Crippen MR) is 93.3 cm³/mol. The molecule has 0 rings (SSSR count). The quantitative estimate of drug-likeness (QED) is 0.264. The Morgan fingerprint density at radius 3 is 1.79 bits per heavy atom. The highest BCUT2D eigenvalue weighted by Gasteiger charge is 2.02. The van der Waals surface area contributed by atoms with Gasteiger partial charge in [-0.2, -0.15) is 0 Å². The molecule has 0 aromatic rings. The van der Waals surface area contributed by atoms with Crippen LogP contribution in [0.15, 0.2) is 0 Å². The zero-order chi connectivity index (χ0) is 17.7. The Hall–Kier alpha value is -0.690. The lowest BCUT2D eigenvalue weighted by atomic mass is 10.2. The van der Waals surface area contributed by atoms with E-state index in [1.807, 2.05) is 6.92 Å². The summed E-state index contributed by atoms with van der Waals surface area (Å²) in [6, 6.07) is 0. The molecule has 0 aliphatic heterocycles. The fraction of sp³-hybridized carbons (Fsp3) is 0.944. The molecule has 0 saturated heterocycles. The van der Waals surface area contributed by atoms with Crippen LogP contribution in [0.3, 0.4) is 0 Å². The molecule has 0 spiro atoms. The van der Waals surface area contributed by atoms with Crippen molar-refractivity contribution in [2.75, 3.05) is 59.5 Å². The van der Waals surface area contributed by atoms with Gasteiger partial charge in [-0.3, -0.25) is 4.79 Å². The zero-order valence-corrected chi connectivity index (χ0v) is 15.6. The van der Waals surface area contributed by atoms with Crippen molar-refractivity contribution in [1.29, 1.82) is 0 Å². The van der Waals surface area contributed by atoms with Gasteiger partial charge in [0.15, 0.2) is 0 Å². The third-order valence-electron chi connectivity index (χ3n) is 3.25. The Labute approximate surface area is 147 Å². The highest BCUT2D eigenvalue weighted by Crippen LogP contribution is 2.00. The number of carbonyl (C=O) groups is 1. The number of esters is 1. The number of hydrogen-bond acceptors (Lipinski definition) is 6. The Balaban J connectivity index is 3.10. The summed E-state index contributed by atoms with van der Waals surface area (Å²) in [6.45, 7) is 9.35. The molecule has 144 valence electrons. The fourth-order valence-corrected chi connectivity index (χ4v) is 1.91. The van der Waals surface area contributed by atoms with E-state index in [0.717, 1.165) is 12.8 Å². The van der Waals surface area contributed by atoms with Crippen molar-refractivity contribution in [2.45, 2.75) is 52.4 Å². The van der Waals surface area contributed by atoms with Gasteiger partial charge in [0.05, 0.1) is 46.2 Å². The normalized spacial score (nSPS) is 10.9. The summed E-state index contributed by atoms with van der Waals surface area (Å²) in [4.78, 5) is 11.5. The number of ether oxygens (including phenoxy) is 5. The lowest BCUT2D eigenvalue weighted by Gasteiger charge is -2.07. The molecular weight excluding hydrogens is 312 g/mol. The first-order valence-corrected chi connectivity index (χ1v) is 9.27. The van der Waals surface area contributed by atoms with Crippen molar-refractivity contribution in [3.05, 3.63) is 0 Å². The number of hydrogen-bond donors (Lipinski definition) is 0. The molecule has 0 saturated carbocycles. The summed E-state index contributed by atoms with van der Waals surface area (Å²) >= 11 is 0. The Kier molecular flexibility index (Phi) is 19.8. The minimum atomic E-state index is -0.129. The van der Waals surface area contributed by atoms with E-state index in [1.54, 1.807) is 0 Å². The van der Waals surface area contributed by atoms with Crippen LogP contribution >= 0.6 is 0 Å². The van der Waals surface area contributed by atoms with E-state index in [0.29, 0.717) is 72.3 Å². The second-order valence-electron chi connectivity index (χ2n) is 5.42. The average molecular weight is 348 g/mol. The molecule has 0 radical (unpaired) electrons. The smallest absolute Gasteiger partial charge is 0.305 e. The van der Waals surface area contributed by atoms with Gasteiger partial charge in [0.25, 0.3) is 0 Å². The molecule has 0 N–H and O–H groups in total. The molecule has 0 atom stereocenters. The van der Waals surface area contributed by atoms with Crippen molar-refractivity contribution < 1.29 is 28.5 Å². The monoisotopic (exact) mass is 348 g/mol.